The van der Waals surface area contributed by atoms with Crippen molar-refractivity contribution in [2.45, 2.75) is 38.8 Å². The van der Waals surface area contributed by atoms with E-state index >= 15 is 0 Å². The van der Waals surface area contributed by atoms with Crippen molar-refractivity contribution in [2.24, 2.45) is 0 Å². The number of benzene rings is 1. The second kappa shape index (κ2) is 5.21. The molecule has 0 aliphatic carbocycles. The predicted octanol–water partition coefficient (Wildman–Crippen LogP) is 1.97. The molecule has 4 nitrogen and oxygen atoms in total. The van der Waals surface area contributed by atoms with Crippen molar-refractivity contribution in [3.63, 3.8) is 0 Å². The van der Waals surface area contributed by atoms with Crippen molar-refractivity contribution in [1.29, 1.82) is 0 Å². The van der Waals surface area contributed by atoms with Crippen LogP contribution in [0, 0.1) is 0 Å². The highest BCUT2D eigenvalue weighted by molar-refractivity contribution is 5.77. The summed E-state index contributed by atoms with van der Waals surface area (Å²) in [4.78, 5) is 14.2. The molecule has 1 aliphatic rings. The van der Waals surface area contributed by atoms with E-state index in [9.17, 15) is 4.79 Å². The maximum Gasteiger partial charge on any atom is 0.225 e. The number of methoxy groups -OCH3 is 1. The van der Waals surface area contributed by atoms with Crippen LogP contribution >= 0.6 is 0 Å². The van der Waals surface area contributed by atoms with Gasteiger partial charge in [0.2, 0.25) is 5.91 Å². The van der Waals surface area contributed by atoms with Gasteiger partial charge < -0.3 is 15.4 Å². The van der Waals surface area contributed by atoms with Gasteiger partial charge in [-0.2, -0.15) is 0 Å². The fourth-order valence-electron chi connectivity index (χ4n) is 2.34. The molecule has 1 aromatic carbocycles. The van der Waals surface area contributed by atoms with Crippen LogP contribution in [0.1, 0.15) is 31.4 Å². The fraction of sp³-hybridized carbons (Fsp3) is 0.533. The second-order valence-corrected chi connectivity index (χ2v) is 5.73. The van der Waals surface area contributed by atoms with Crippen molar-refractivity contribution in [1.82, 2.24) is 4.90 Å². The number of nitrogen functional groups attached to an aromatic ring is 1. The number of hydrogen-bond acceptors (Lipinski definition) is 3. The SMILES string of the molecule is COC(C)(C)CC(=O)N1CCc2ccc(N)cc2C1. The molecule has 1 heterocycles. The van der Waals surface area contributed by atoms with E-state index in [4.69, 9.17) is 10.5 Å². The Morgan fingerprint density at radius 3 is 2.84 bits per heavy atom. The van der Waals surface area contributed by atoms with Gasteiger partial charge in [-0.25, -0.2) is 0 Å². The molecule has 0 bridgehead atoms. The summed E-state index contributed by atoms with van der Waals surface area (Å²) in [5.41, 5.74) is 8.61. The Hall–Kier alpha value is -1.55. The molecule has 1 amide bonds. The Kier molecular flexibility index (Phi) is 3.80. The summed E-state index contributed by atoms with van der Waals surface area (Å²) in [6.07, 6.45) is 1.30. The molecule has 0 atom stereocenters. The Morgan fingerprint density at radius 1 is 1.42 bits per heavy atom. The van der Waals surface area contributed by atoms with Gasteiger partial charge in [-0.15, -0.1) is 0 Å². The average molecular weight is 262 g/mol. The van der Waals surface area contributed by atoms with Gasteiger partial charge in [0.15, 0.2) is 0 Å². The molecule has 0 saturated heterocycles. The monoisotopic (exact) mass is 262 g/mol. The van der Waals surface area contributed by atoms with Crippen molar-refractivity contribution >= 4 is 11.6 Å². The summed E-state index contributed by atoms with van der Waals surface area (Å²) in [6.45, 7) is 5.29. The molecule has 0 saturated carbocycles. The van der Waals surface area contributed by atoms with Gasteiger partial charge in [0.25, 0.3) is 0 Å². The highest BCUT2D eigenvalue weighted by Crippen LogP contribution is 2.23. The number of carbonyl (C=O) groups is 1. The van der Waals surface area contributed by atoms with Crippen LogP contribution in [0.2, 0.25) is 0 Å². The lowest BCUT2D eigenvalue weighted by Crippen LogP contribution is -2.40. The minimum atomic E-state index is -0.410. The van der Waals surface area contributed by atoms with Crippen LogP contribution in [0.25, 0.3) is 0 Å². The van der Waals surface area contributed by atoms with E-state index in [0.29, 0.717) is 13.0 Å². The summed E-state index contributed by atoms with van der Waals surface area (Å²) in [6, 6.07) is 5.95. The number of rotatable bonds is 3. The van der Waals surface area contributed by atoms with Crippen LogP contribution in [0.4, 0.5) is 5.69 Å². The number of nitrogens with two attached hydrogens (primary N) is 1. The highest BCUT2D eigenvalue weighted by atomic mass is 16.5. The Labute approximate surface area is 114 Å². The third-order valence-corrected chi connectivity index (χ3v) is 3.72. The van der Waals surface area contributed by atoms with Crippen molar-refractivity contribution in [3.05, 3.63) is 29.3 Å². The number of ether oxygens (including phenoxy) is 1. The van der Waals surface area contributed by atoms with Crippen molar-refractivity contribution in [2.75, 3.05) is 19.4 Å². The van der Waals surface area contributed by atoms with Gasteiger partial charge in [0, 0.05) is 25.9 Å². The first-order valence-corrected chi connectivity index (χ1v) is 6.61. The molecular weight excluding hydrogens is 240 g/mol. The van der Waals surface area contributed by atoms with Crippen LogP contribution in [0.15, 0.2) is 18.2 Å². The highest BCUT2D eigenvalue weighted by Gasteiger charge is 2.27. The van der Waals surface area contributed by atoms with E-state index in [-0.39, 0.29) is 5.91 Å². The first-order chi connectivity index (χ1) is 8.91. The van der Waals surface area contributed by atoms with Crippen LogP contribution in [0.5, 0.6) is 0 Å². The van der Waals surface area contributed by atoms with Gasteiger partial charge in [0.05, 0.1) is 12.0 Å². The van der Waals surface area contributed by atoms with E-state index in [0.717, 1.165) is 24.2 Å². The maximum absolute atomic E-state index is 12.3. The van der Waals surface area contributed by atoms with Crippen molar-refractivity contribution < 1.29 is 9.53 Å². The Bertz CT molecular complexity index is 483. The molecule has 0 fully saturated rings. The lowest BCUT2D eigenvalue weighted by atomic mass is 9.97. The number of fused-ring (bicyclic) bond motifs is 1. The number of hydrogen-bond donors (Lipinski definition) is 1. The van der Waals surface area contributed by atoms with E-state index in [1.54, 1.807) is 7.11 Å². The molecule has 19 heavy (non-hydrogen) atoms. The molecule has 104 valence electrons. The van der Waals surface area contributed by atoms with Gasteiger partial charge in [-0.3, -0.25) is 4.79 Å². The van der Waals surface area contributed by atoms with Gasteiger partial charge in [-0.05, 0) is 43.5 Å². The normalized spacial score (nSPS) is 15.2. The number of amides is 1. The lowest BCUT2D eigenvalue weighted by molar-refractivity contribution is -0.137. The van der Waals surface area contributed by atoms with E-state index in [1.807, 2.05) is 30.9 Å². The van der Waals surface area contributed by atoms with E-state index < -0.39 is 5.60 Å². The quantitative estimate of drug-likeness (QED) is 0.847. The smallest absolute Gasteiger partial charge is 0.225 e. The number of carbonyl (C=O) groups excluding carboxylic acids is 1. The molecule has 1 aliphatic heterocycles. The molecule has 0 unspecified atom stereocenters. The zero-order valence-electron chi connectivity index (χ0n) is 11.9. The average Bonchev–Trinajstić information content (AvgIpc) is 2.37. The Balaban J connectivity index is 2.07. The summed E-state index contributed by atoms with van der Waals surface area (Å²) in [5, 5.41) is 0. The fourth-order valence-corrected chi connectivity index (χ4v) is 2.34. The molecule has 4 heteroatoms. The lowest BCUT2D eigenvalue weighted by Gasteiger charge is -2.32. The van der Waals surface area contributed by atoms with Crippen LogP contribution in [-0.2, 0) is 22.5 Å². The van der Waals surface area contributed by atoms with Crippen molar-refractivity contribution in [3.8, 4) is 0 Å². The topological polar surface area (TPSA) is 55.6 Å². The molecule has 1 aromatic rings. The molecule has 0 spiro atoms. The summed E-state index contributed by atoms with van der Waals surface area (Å²) >= 11 is 0. The summed E-state index contributed by atoms with van der Waals surface area (Å²) < 4.78 is 5.32. The standard InChI is InChI=1S/C15H22N2O2/c1-15(2,19-3)9-14(18)17-7-6-11-4-5-13(16)8-12(11)10-17/h4-5,8H,6-7,9-10,16H2,1-3H3. The van der Waals surface area contributed by atoms with Gasteiger partial charge in [-0.1, -0.05) is 6.07 Å². The van der Waals surface area contributed by atoms with E-state index in [1.165, 1.54) is 5.56 Å². The maximum atomic E-state index is 12.3. The molecular formula is C15H22N2O2. The van der Waals surface area contributed by atoms with Crippen LogP contribution in [0.3, 0.4) is 0 Å². The predicted molar refractivity (Wildman–Crippen MR) is 75.7 cm³/mol. The molecule has 2 N–H and O–H groups in total. The third kappa shape index (κ3) is 3.26. The number of anilines is 1. The first kappa shape index (κ1) is 13.9. The zero-order chi connectivity index (χ0) is 14.0. The van der Waals surface area contributed by atoms with Gasteiger partial charge in [0.1, 0.15) is 0 Å². The second-order valence-electron chi connectivity index (χ2n) is 5.73. The van der Waals surface area contributed by atoms with Crippen LogP contribution < -0.4 is 5.73 Å². The summed E-state index contributed by atoms with van der Waals surface area (Å²) in [5.74, 6) is 0.139. The summed E-state index contributed by atoms with van der Waals surface area (Å²) in [7, 11) is 1.64. The molecule has 0 radical (unpaired) electrons. The molecule has 2 rings (SSSR count). The first-order valence-electron chi connectivity index (χ1n) is 6.61. The minimum absolute atomic E-state index is 0.139. The minimum Gasteiger partial charge on any atom is -0.399 e. The Morgan fingerprint density at radius 2 is 2.16 bits per heavy atom. The number of nitrogens with zero attached hydrogens (tertiary/aromatic N) is 1. The zero-order valence-corrected chi connectivity index (χ0v) is 11.9. The molecule has 0 aromatic heterocycles. The van der Waals surface area contributed by atoms with Crippen LogP contribution in [-0.4, -0.2) is 30.1 Å². The van der Waals surface area contributed by atoms with E-state index in [2.05, 4.69) is 6.07 Å². The van der Waals surface area contributed by atoms with Gasteiger partial charge >= 0.3 is 0 Å². The largest absolute Gasteiger partial charge is 0.399 e. The third-order valence-electron chi connectivity index (χ3n) is 3.72.